The fraction of sp³-hybridized carbons (Fsp3) is 0.333. The van der Waals surface area contributed by atoms with Gasteiger partial charge in [-0.25, -0.2) is 0 Å². The van der Waals surface area contributed by atoms with Crippen LogP contribution in [-0.2, 0) is 9.59 Å². The van der Waals surface area contributed by atoms with E-state index in [1.165, 1.54) is 4.90 Å². The molecule has 3 heterocycles. The topological polar surface area (TPSA) is 83.7 Å². The highest BCUT2D eigenvalue weighted by Crippen LogP contribution is 2.37. The molecule has 2 unspecified atom stereocenters. The standard InChI is InChI=1S/C21H19N3O4/c25-19-15-8-4-5-9-16(15)20(26)24(19)14-11-23(12-14)21(27)17-10-18(28-22-17)13-6-2-1-3-7-13/h1-7,10,14-16H,8-9,11-12H2. The van der Waals surface area contributed by atoms with Crippen LogP contribution in [0, 0.1) is 11.8 Å². The maximum atomic E-state index is 12.7. The molecule has 0 bridgehead atoms. The summed E-state index contributed by atoms with van der Waals surface area (Å²) < 4.78 is 5.29. The minimum absolute atomic E-state index is 0.0933. The highest BCUT2D eigenvalue weighted by Gasteiger charge is 2.52. The van der Waals surface area contributed by atoms with Crippen molar-refractivity contribution < 1.29 is 18.9 Å². The first kappa shape index (κ1) is 16.9. The van der Waals surface area contributed by atoms with Crippen molar-refractivity contribution >= 4 is 17.7 Å². The molecule has 1 aromatic carbocycles. The van der Waals surface area contributed by atoms with E-state index in [2.05, 4.69) is 5.16 Å². The summed E-state index contributed by atoms with van der Waals surface area (Å²) in [7, 11) is 0. The van der Waals surface area contributed by atoms with Crippen LogP contribution in [-0.4, -0.2) is 51.8 Å². The van der Waals surface area contributed by atoms with Gasteiger partial charge in [0, 0.05) is 24.7 Å². The molecule has 2 aliphatic heterocycles. The van der Waals surface area contributed by atoms with Gasteiger partial charge in [-0.3, -0.25) is 19.3 Å². The Labute approximate surface area is 161 Å². The van der Waals surface area contributed by atoms with Gasteiger partial charge in [-0.05, 0) is 12.8 Å². The Morgan fingerprint density at radius 1 is 1.00 bits per heavy atom. The molecule has 142 valence electrons. The molecule has 28 heavy (non-hydrogen) atoms. The van der Waals surface area contributed by atoms with Crippen LogP contribution < -0.4 is 0 Å². The van der Waals surface area contributed by atoms with Gasteiger partial charge in [0.25, 0.3) is 5.91 Å². The van der Waals surface area contributed by atoms with Crippen LogP contribution in [0.3, 0.4) is 0 Å². The predicted octanol–water partition coefficient (Wildman–Crippen LogP) is 2.12. The number of nitrogens with zero attached hydrogens (tertiary/aromatic N) is 3. The maximum absolute atomic E-state index is 12.7. The molecule has 5 rings (SSSR count). The number of aromatic nitrogens is 1. The highest BCUT2D eigenvalue weighted by molar-refractivity contribution is 6.06. The molecular weight excluding hydrogens is 358 g/mol. The number of fused-ring (bicyclic) bond motifs is 1. The summed E-state index contributed by atoms with van der Waals surface area (Å²) in [4.78, 5) is 40.9. The van der Waals surface area contributed by atoms with Crippen molar-refractivity contribution in [2.45, 2.75) is 18.9 Å². The molecule has 3 amide bonds. The van der Waals surface area contributed by atoms with E-state index in [4.69, 9.17) is 4.52 Å². The largest absolute Gasteiger partial charge is 0.355 e. The van der Waals surface area contributed by atoms with Crippen molar-refractivity contribution in [3.05, 3.63) is 54.2 Å². The highest BCUT2D eigenvalue weighted by atomic mass is 16.5. The van der Waals surface area contributed by atoms with Gasteiger partial charge in [-0.15, -0.1) is 0 Å². The Kier molecular flexibility index (Phi) is 3.89. The Balaban J connectivity index is 1.25. The minimum Gasteiger partial charge on any atom is -0.355 e. The zero-order valence-corrected chi connectivity index (χ0v) is 15.2. The van der Waals surface area contributed by atoms with Crippen LogP contribution in [0.1, 0.15) is 23.3 Å². The third-order valence-electron chi connectivity index (χ3n) is 5.84. The van der Waals surface area contributed by atoms with Gasteiger partial charge in [-0.2, -0.15) is 0 Å². The second-order valence-corrected chi connectivity index (χ2v) is 7.51. The number of carbonyl (C=O) groups excluding carboxylic acids is 3. The Morgan fingerprint density at radius 3 is 2.29 bits per heavy atom. The number of carbonyl (C=O) groups is 3. The lowest BCUT2D eigenvalue weighted by Gasteiger charge is -2.42. The monoisotopic (exact) mass is 377 g/mol. The SMILES string of the molecule is O=C(c1cc(-c2ccccc2)on1)N1CC(N2C(=O)C3CC=CCC3C2=O)C1. The first-order valence-electron chi connectivity index (χ1n) is 9.47. The lowest BCUT2D eigenvalue weighted by Crippen LogP contribution is -2.62. The van der Waals surface area contributed by atoms with E-state index in [9.17, 15) is 14.4 Å². The second kappa shape index (κ2) is 6.44. The lowest BCUT2D eigenvalue weighted by atomic mass is 9.85. The average molecular weight is 377 g/mol. The van der Waals surface area contributed by atoms with Crippen molar-refractivity contribution in [1.29, 1.82) is 0 Å². The summed E-state index contributed by atoms with van der Waals surface area (Å²) in [5.74, 6) is -0.367. The third-order valence-corrected chi connectivity index (χ3v) is 5.84. The lowest BCUT2D eigenvalue weighted by molar-refractivity contribution is -0.145. The van der Waals surface area contributed by atoms with Gasteiger partial charge in [0.2, 0.25) is 11.8 Å². The number of allylic oxidation sites excluding steroid dienone is 2. The van der Waals surface area contributed by atoms with Gasteiger partial charge in [0.1, 0.15) is 0 Å². The average Bonchev–Trinajstić information content (AvgIpc) is 3.28. The molecule has 1 aliphatic carbocycles. The number of hydrogen-bond donors (Lipinski definition) is 0. The fourth-order valence-electron chi connectivity index (χ4n) is 4.25. The molecule has 3 aliphatic rings. The molecule has 0 N–H and O–H groups in total. The van der Waals surface area contributed by atoms with Crippen LogP contribution in [0.15, 0.2) is 53.1 Å². The van der Waals surface area contributed by atoms with E-state index in [0.29, 0.717) is 31.7 Å². The minimum atomic E-state index is -0.250. The van der Waals surface area contributed by atoms with Crippen LogP contribution in [0.5, 0.6) is 0 Å². The van der Waals surface area contributed by atoms with Gasteiger partial charge >= 0.3 is 0 Å². The van der Waals surface area contributed by atoms with Crippen LogP contribution >= 0.6 is 0 Å². The molecule has 2 atom stereocenters. The quantitative estimate of drug-likeness (QED) is 0.604. The normalized spacial score (nSPS) is 24.4. The molecule has 0 spiro atoms. The molecule has 7 heteroatoms. The summed E-state index contributed by atoms with van der Waals surface area (Å²) in [6, 6.07) is 10.8. The number of imide groups is 1. The van der Waals surface area contributed by atoms with Crippen LogP contribution in [0.4, 0.5) is 0 Å². The molecule has 1 aromatic heterocycles. The first-order valence-corrected chi connectivity index (χ1v) is 9.47. The van der Waals surface area contributed by atoms with Crippen molar-refractivity contribution in [3.8, 4) is 11.3 Å². The first-order chi connectivity index (χ1) is 13.6. The maximum Gasteiger partial charge on any atom is 0.276 e. The summed E-state index contributed by atoms with van der Waals surface area (Å²) >= 11 is 0. The second-order valence-electron chi connectivity index (χ2n) is 7.51. The number of amides is 3. The van der Waals surface area contributed by atoms with Gasteiger partial charge in [0.05, 0.1) is 17.9 Å². The van der Waals surface area contributed by atoms with E-state index in [1.807, 2.05) is 42.5 Å². The number of rotatable bonds is 3. The predicted molar refractivity (Wildman–Crippen MR) is 98.8 cm³/mol. The molecule has 0 saturated carbocycles. The number of benzene rings is 1. The molecule has 2 saturated heterocycles. The summed E-state index contributed by atoms with van der Waals surface area (Å²) in [6.45, 7) is 0.688. The Morgan fingerprint density at radius 2 is 1.64 bits per heavy atom. The van der Waals surface area contributed by atoms with E-state index >= 15 is 0 Å². The van der Waals surface area contributed by atoms with E-state index in [-0.39, 0.29) is 41.3 Å². The van der Waals surface area contributed by atoms with E-state index in [0.717, 1.165) is 5.56 Å². The van der Waals surface area contributed by atoms with Gasteiger partial charge in [0.15, 0.2) is 11.5 Å². The van der Waals surface area contributed by atoms with Gasteiger partial charge < -0.3 is 9.42 Å². The van der Waals surface area contributed by atoms with Crippen molar-refractivity contribution in [2.24, 2.45) is 11.8 Å². The Bertz CT molecular complexity index is 949. The van der Waals surface area contributed by atoms with Crippen molar-refractivity contribution in [2.75, 3.05) is 13.1 Å². The van der Waals surface area contributed by atoms with E-state index < -0.39 is 0 Å². The van der Waals surface area contributed by atoms with Crippen LogP contribution in [0.2, 0.25) is 0 Å². The third kappa shape index (κ3) is 2.58. The van der Waals surface area contributed by atoms with Crippen molar-refractivity contribution in [3.63, 3.8) is 0 Å². The van der Waals surface area contributed by atoms with Crippen LogP contribution in [0.25, 0.3) is 11.3 Å². The smallest absolute Gasteiger partial charge is 0.276 e. The number of hydrogen-bond acceptors (Lipinski definition) is 5. The fourth-order valence-corrected chi connectivity index (χ4v) is 4.25. The van der Waals surface area contributed by atoms with E-state index in [1.54, 1.807) is 11.0 Å². The molecule has 2 aromatic rings. The number of likely N-dealkylation sites (tertiary alicyclic amines) is 2. The van der Waals surface area contributed by atoms with Gasteiger partial charge in [-0.1, -0.05) is 47.6 Å². The molecule has 7 nitrogen and oxygen atoms in total. The molecular formula is C21H19N3O4. The summed E-state index contributed by atoms with van der Waals surface area (Å²) in [5.41, 5.74) is 1.08. The molecule has 2 fully saturated rings. The summed E-state index contributed by atoms with van der Waals surface area (Å²) in [6.07, 6.45) is 5.20. The summed E-state index contributed by atoms with van der Waals surface area (Å²) in [5, 5.41) is 3.88. The zero-order chi connectivity index (χ0) is 19.3. The zero-order valence-electron chi connectivity index (χ0n) is 15.2. The Hall–Kier alpha value is -3.22. The van der Waals surface area contributed by atoms with Crippen molar-refractivity contribution in [1.82, 2.24) is 15.0 Å². The molecule has 0 radical (unpaired) electrons.